The van der Waals surface area contributed by atoms with Gasteiger partial charge in [-0.3, -0.25) is 9.59 Å². The molecule has 1 saturated carbocycles. The van der Waals surface area contributed by atoms with Crippen molar-refractivity contribution in [3.8, 4) is 17.2 Å². The van der Waals surface area contributed by atoms with Crippen LogP contribution in [-0.2, 0) is 4.79 Å². The highest BCUT2D eigenvalue weighted by molar-refractivity contribution is 5.95. The third-order valence-corrected chi connectivity index (χ3v) is 4.98. The molecule has 1 atom stereocenters. The van der Waals surface area contributed by atoms with Crippen molar-refractivity contribution in [3.05, 3.63) is 58.8 Å². The van der Waals surface area contributed by atoms with Crippen molar-refractivity contribution in [2.45, 2.75) is 38.1 Å². The third kappa shape index (κ3) is 3.78. The van der Waals surface area contributed by atoms with Gasteiger partial charge < -0.3 is 19.1 Å². The van der Waals surface area contributed by atoms with Gasteiger partial charge in [0, 0.05) is 12.1 Å². The van der Waals surface area contributed by atoms with E-state index in [9.17, 15) is 9.59 Å². The monoisotopic (exact) mass is 394 g/mol. The number of ether oxygens (including phenoxy) is 1. The molecule has 29 heavy (non-hydrogen) atoms. The Balaban J connectivity index is 1.63. The Morgan fingerprint density at radius 2 is 2.10 bits per heavy atom. The number of anilines is 1. The Labute approximate surface area is 167 Å². The van der Waals surface area contributed by atoms with E-state index in [1.54, 1.807) is 36.5 Å². The second-order valence-electron chi connectivity index (χ2n) is 6.98. The Morgan fingerprint density at radius 1 is 1.31 bits per heavy atom. The van der Waals surface area contributed by atoms with Gasteiger partial charge in [-0.15, -0.1) is 0 Å². The van der Waals surface area contributed by atoms with E-state index >= 15 is 0 Å². The maximum atomic E-state index is 13.1. The zero-order valence-corrected chi connectivity index (χ0v) is 16.3. The van der Waals surface area contributed by atoms with Crippen LogP contribution in [0.5, 0.6) is 5.75 Å². The molecule has 150 valence electrons. The number of aromatic nitrogens is 3. The molecular formula is C21H22N4O4. The van der Waals surface area contributed by atoms with Crippen molar-refractivity contribution in [1.82, 2.24) is 14.7 Å². The largest absolute Gasteiger partial charge is 0.495 e. The normalized spacial score (nSPS) is 14.4. The number of hydrogen-bond acceptors (Lipinski definition) is 6. The Kier molecular flexibility index (Phi) is 5.16. The first kappa shape index (κ1) is 18.9. The highest BCUT2D eigenvalue weighted by atomic mass is 16.5. The van der Waals surface area contributed by atoms with Gasteiger partial charge in [-0.1, -0.05) is 24.2 Å². The van der Waals surface area contributed by atoms with Gasteiger partial charge in [0.05, 0.1) is 12.8 Å². The van der Waals surface area contributed by atoms with Gasteiger partial charge in [0.2, 0.25) is 5.91 Å². The first-order valence-corrected chi connectivity index (χ1v) is 9.61. The quantitative estimate of drug-likeness (QED) is 0.660. The van der Waals surface area contributed by atoms with Gasteiger partial charge in [-0.2, -0.15) is 4.98 Å². The predicted molar refractivity (Wildman–Crippen MR) is 107 cm³/mol. The summed E-state index contributed by atoms with van der Waals surface area (Å²) in [6.45, 7) is 1.85. The Hall–Kier alpha value is -3.42. The molecular weight excluding hydrogens is 372 g/mol. The fourth-order valence-corrected chi connectivity index (χ4v) is 3.24. The van der Waals surface area contributed by atoms with E-state index in [1.165, 1.54) is 11.7 Å². The van der Waals surface area contributed by atoms with Gasteiger partial charge in [0.1, 0.15) is 17.4 Å². The van der Waals surface area contributed by atoms with Gasteiger partial charge in [-0.25, -0.2) is 0 Å². The number of pyridine rings is 1. The lowest BCUT2D eigenvalue weighted by Gasteiger charge is -2.19. The number of methoxy groups -OCH3 is 1. The van der Waals surface area contributed by atoms with Crippen molar-refractivity contribution in [2.75, 3.05) is 12.4 Å². The molecule has 1 amide bonds. The molecule has 2 heterocycles. The minimum absolute atomic E-state index is 0.186. The van der Waals surface area contributed by atoms with E-state index in [0.29, 0.717) is 29.6 Å². The van der Waals surface area contributed by atoms with Crippen molar-refractivity contribution in [1.29, 1.82) is 0 Å². The van der Waals surface area contributed by atoms with Crippen molar-refractivity contribution >= 4 is 11.6 Å². The lowest BCUT2D eigenvalue weighted by Crippen LogP contribution is -2.33. The molecule has 1 N–H and O–H groups in total. The van der Waals surface area contributed by atoms with Gasteiger partial charge in [-0.05, 0) is 43.5 Å². The summed E-state index contributed by atoms with van der Waals surface area (Å²) >= 11 is 0. The molecule has 1 aromatic carbocycles. The van der Waals surface area contributed by atoms with Crippen LogP contribution in [-0.4, -0.2) is 27.7 Å². The minimum Gasteiger partial charge on any atom is -0.495 e. The molecule has 2 aromatic heterocycles. The maximum Gasteiger partial charge on any atom is 0.264 e. The van der Waals surface area contributed by atoms with Crippen LogP contribution >= 0.6 is 0 Å². The lowest BCUT2D eigenvalue weighted by molar-refractivity contribution is -0.119. The molecule has 0 saturated heterocycles. The average Bonchev–Trinajstić information content (AvgIpc) is 3.47. The van der Waals surface area contributed by atoms with Crippen LogP contribution in [0.4, 0.5) is 5.69 Å². The van der Waals surface area contributed by atoms with Crippen LogP contribution in [0.25, 0.3) is 11.5 Å². The number of carbonyl (C=O) groups excluding carboxylic acids is 1. The number of amides is 1. The molecule has 0 aliphatic heterocycles. The summed E-state index contributed by atoms with van der Waals surface area (Å²) in [6.07, 6.45) is 4.11. The van der Waals surface area contributed by atoms with Crippen LogP contribution in [0.15, 0.2) is 51.9 Å². The number of nitrogens with one attached hydrogen (secondary N) is 1. The highest BCUT2D eigenvalue weighted by Gasteiger charge is 2.30. The van der Waals surface area contributed by atoms with Crippen LogP contribution in [0.3, 0.4) is 0 Å². The Bertz CT molecular complexity index is 1080. The van der Waals surface area contributed by atoms with Crippen LogP contribution in [0, 0.1) is 0 Å². The number of nitrogens with zero attached hydrogens (tertiary/aromatic N) is 3. The summed E-state index contributed by atoms with van der Waals surface area (Å²) in [5.74, 6) is 1.39. The van der Waals surface area contributed by atoms with Crippen LogP contribution < -0.4 is 15.6 Å². The zero-order chi connectivity index (χ0) is 20.4. The molecule has 1 aliphatic rings. The lowest BCUT2D eigenvalue weighted by atomic mass is 10.1. The summed E-state index contributed by atoms with van der Waals surface area (Å²) < 4.78 is 12.0. The molecule has 8 nitrogen and oxygen atoms in total. The average molecular weight is 394 g/mol. The molecule has 1 fully saturated rings. The topological polar surface area (TPSA) is 99.2 Å². The summed E-state index contributed by atoms with van der Waals surface area (Å²) in [6, 6.07) is 9.78. The molecule has 8 heteroatoms. The molecule has 0 spiro atoms. The maximum absolute atomic E-state index is 13.1. The smallest absolute Gasteiger partial charge is 0.264 e. The highest BCUT2D eigenvalue weighted by Crippen LogP contribution is 2.38. The second-order valence-corrected chi connectivity index (χ2v) is 6.98. The SMILES string of the molecule is CC[C@@H](C(=O)Nc1ccccc1OC)n1cccc(-c2nc(C3CC3)no2)c1=O. The standard InChI is InChI=1S/C21H22N4O4/c1-3-16(19(26)22-15-8-4-5-9-17(15)28-2)25-12-6-7-14(21(25)27)20-23-18(24-29-20)13-10-11-13/h4-9,12-13,16H,3,10-11H2,1-2H3,(H,22,26)/t16-/m0/s1. The molecule has 1 aliphatic carbocycles. The van der Waals surface area contributed by atoms with E-state index in [0.717, 1.165) is 12.8 Å². The van der Waals surface area contributed by atoms with Gasteiger partial charge in [0.25, 0.3) is 11.4 Å². The summed E-state index contributed by atoms with van der Waals surface area (Å²) in [5, 5.41) is 6.82. The van der Waals surface area contributed by atoms with Crippen LogP contribution in [0.2, 0.25) is 0 Å². The summed E-state index contributed by atoms with van der Waals surface area (Å²) in [5.41, 5.74) is 0.490. The van der Waals surface area contributed by atoms with Gasteiger partial charge >= 0.3 is 0 Å². The molecule has 4 rings (SSSR count). The molecule has 3 aromatic rings. The Morgan fingerprint density at radius 3 is 2.83 bits per heavy atom. The predicted octanol–water partition coefficient (Wildman–Crippen LogP) is 3.37. The fraction of sp³-hybridized carbons (Fsp3) is 0.333. The number of hydrogen-bond donors (Lipinski definition) is 1. The van der Waals surface area contributed by atoms with Crippen molar-refractivity contribution in [3.63, 3.8) is 0 Å². The van der Waals surface area contributed by atoms with E-state index in [-0.39, 0.29) is 22.9 Å². The van der Waals surface area contributed by atoms with E-state index in [2.05, 4.69) is 15.5 Å². The first-order valence-electron chi connectivity index (χ1n) is 9.61. The van der Waals surface area contributed by atoms with E-state index in [4.69, 9.17) is 9.26 Å². The number of benzene rings is 1. The van der Waals surface area contributed by atoms with Crippen LogP contribution in [0.1, 0.15) is 44.0 Å². The van der Waals surface area contributed by atoms with Crippen molar-refractivity contribution in [2.24, 2.45) is 0 Å². The number of rotatable bonds is 7. The number of carbonyl (C=O) groups is 1. The summed E-state index contributed by atoms with van der Waals surface area (Å²) in [4.78, 5) is 30.4. The fourth-order valence-electron chi connectivity index (χ4n) is 3.24. The molecule has 0 radical (unpaired) electrons. The molecule has 0 unspecified atom stereocenters. The van der Waals surface area contributed by atoms with Crippen molar-refractivity contribution < 1.29 is 14.1 Å². The van der Waals surface area contributed by atoms with E-state index in [1.807, 2.05) is 13.0 Å². The van der Waals surface area contributed by atoms with Gasteiger partial charge in [0.15, 0.2) is 5.82 Å². The second kappa shape index (κ2) is 7.90. The molecule has 0 bridgehead atoms. The summed E-state index contributed by atoms with van der Waals surface area (Å²) in [7, 11) is 1.54. The number of para-hydroxylation sites is 2. The van der Waals surface area contributed by atoms with E-state index < -0.39 is 6.04 Å². The minimum atomic E-state index is -0.696. The zero-order valence-electron chi connectivity index (χ0n) is 16.3. The third-order valence-electron chi connectivity index (χ3n) is 4.98. The first-order chi connectivity index (χ1) is 14.1.